The SMILES string of the molecule is CCC(CC)(CO)CNc1cc([N+](=O)[O-])cc(NC)n1. The largest absolute Gasteiger partial charge is 0.396 e. The first-order valence-electron chi connectivity index (χ1n) is 6.69. The average molecular weight is 282 g/mol. The summed E-state index contributed by atoms with van der Waals surface area (Å²) in [4.78, 5) is 14.7. The molecule has 1 aromatic heterocycles. The fraction of sp³-hybridized carbons (Fsp3) is 0.615. The standard InChI is InChI=1S/C13H22N4O3/c1-4-13(5-2,9-18)8-15-12-7-10(17(19)20)6-11(14-3)16-12/h6-7,18H,4-5,8-9H2,1-3H3,(H2,14,15,16). The Morgan fingerprint density at radius 2 is 1.95 bits per heavy atom. The smallest absolute Gasteiger partial charge is 0.276 e. The van der Waals surface area contributed by atoms with Crippen molar-refractivity contribution < 1.29 is 10.0 Å². The van der Waals surface area contributed by atoms with Gasteiger partial charge in [0.2, 0.25) is 0 Å². The molecular formula is C13H22N4O3. The number of pyridine rings is 1. The van der Waals surface area contributed by atoms with E-state index in [0.717, 1.165) is 12.8 Å². The molecular weight excluding hydrogens is 260 g/mol. The summed E-state index contributed by atoms with van der Waals surface area (Å²) in [6.07, 6.45) is 1.64. The summed E-state index contributed by atoms with van der Waals surface area (Å²) < 4.78 is 0. The van der Waals surface area contributed by atoms with Crippen molar-refractivity contribution in [2.75, 3.05) is 30.8 Å². The zero-order valence-corrected chi connectivity index (χ0v) is 12.1. The molecule has 0 radical (unpaired) electrons. The van der Waals surface area contributed by atoms with Gasteiger partial charge in [-0.3, -0.25) is 10.1 Å². The molecule has 1 aromatic rings. The molecule has 0 saturated heterocycles. The Balaban J connectivity index is 2.91. The van der Waals surface area contributed by atoms with Gasteiger partial charge in [-0.1, -0.05) is 13.8 Å². The van der Waals surface area contributed by atoms with Crippen molar-refractivity contribution in [3.05, 3.63) is 22.2 Å². The highest BCUT2D eigenvalue weighted by Gasteiger charge is 2.25. The van der Waals surface area contributed by atoms with E-state index in [0.29, 0.717) is 18.2 Å². The van der Waals surface area contributed by atoms with Gasteiger partial charge in [0.15, 0.2) is 0 Å². The summed E-state index contributed by atoms with van der Waals surface area (Å²) in [5.74, 6) is 0.868. The maximum absolute atomic E-state index is 10.9. The van der Waals surface area contributed by atoms with E-state index in [-0.39, 0.29) is 17.7 Å². The molecule has 0 aliphatic heterocycles. The van der Waals surface area contributed by atoms with E-state index in [1.165, 1.54) is 12.1 Å². The van der Waals surface area contributed by atoms with Crippen molar-refractivity contribution in [1.29, 1.82) is 0 Å². The Labute approximate surface area is 118 Å². The van der Waals surface area contributed by atoms with Crippen molar-refractivity contribution in [1.82, 2.24) is 4.98 Å². The Morgan fingerprint density at radius 1 is 1.35 bits per heavy atom. The highest BCUT2D eigenvalue weighted by Crippen LogP contribution is 2.27. The highest BCUT2D eigenvalue weighted by atomic mass is 16.6. The van der Waals surface area contributed by atoms with E-state index in [2.05, 4.69) is 15.6 Å². The van der Waals surface area contributed by atoms with Crippen LogP contribution in [0.5, 0.6) is 0 Å². The van der Waals surface area contributed by atoms with Crippen LogP contribution >= 0.6 is 0 Å². The van der Waals surface area contributed by atoms with Gasteiger partial charge in [0.05, 0.1) is 23.7 Å². The van der Waals surface area contributed by atoms with Crippen LogP contribution in [0.1, 0.15) is 26.7 Å². The predicted molar refractivity (Wildman–Crippen MR) is 79.0 cm³/mol. The highest BCUT2D eigenvalue weighted by molar-refractivity contribution is 5.54. The number of nitrogens with one attached hydrogen (secondary N) is 2. The summed E-state index contributed by atoms with van der Waals surface area (Å²) in [5.41, 5.74) is -0.249. The molecule has 0 unspecified atom stereocenters. The molecule has 20 heavy (non-hydrogen) atoms. The third-order valence-electron chi connectivity index (χ3n) is 3.76. The summed E-state index contributed by atoms with van der Waals surface area (Å²) in [6.45, 7) is 4.62. The number of anilines is 2. The van der Waals surface area contributed by atoms with E-state index >= 15 is 0 Å². The molecule has 1 heterocycles. The normalized spacial score (nSPS) is 11.2. The third-order valence-corrected chi connectivity index (χ3v) is 3.76. The quantitative estimate of drug-likeness (QED) is 0.499. The number of aromatic nitrogens is 1. The summed E-state index contributed by atoms with van der Waals surface area (Å²) in [6, 6.07) is 2.78. The van der Waals surface area contributed by atoms with Gasteiger partial charge in [0.1, 0.15) is 11.6 Å². The Morgan fingerprint density at radius 3 is 2.40 bits per heavy atom. The molecule has 0 atom stereocenters. The molecule has 0 amide bonds. The second-order valence-electron chi connectivity index (χ2n) is 4.82. The topological polar surface area (TPSA) is 100 Å². The van der Waals surface area contributed by atoms with Crippen LogP contribution in [-0.2, 0) is 0 Å². The molecule has 7 heteroatoms. The molecule has 1 rings (SSSR count). The minimum Gasteiger partial charge on any atom is -0.396 e. The van der Waals surface area contributed by atoms with E-state index in [9.17, 15) is 15.2 Å². The van der Waals surface area contributed by atoms with E-state index in [1.807, 2.05) is 13.8 Å². The van der Waals surface area contributed by atoms with Crippen LogP contribution in [0, 0.1) is 15.5 Å². The minimum atomic E-state index is -0.452. The number of rotatable bonds is 8. The third kappa shape index (κ3) is 3.80. The Kier molecular flexibility index (Phi) is 5.69. The summed E-state index contributed by atoms with van der Waals surface area (Å²) in [7, 11) is 1.66. The van der Waals surface area contributed by atoms with E-state index < -0.39 is 4.92 Å². The molecule has 0 spiro atoms. The average Bonchev–Trinajstić information content (AvgIpc) is 2.48. The predicted octanol–water partition coefficient (Wildman–Crippen LogP) is 2.24. The molecule has 0 aliphatic rings. The van der Waals surface area contributed by atoms with Crippen molar-refractivity contribution in [3.63, 3.8) is 0 Å². The first kappa shape index (κ1) is 16.2. The first-order chi connectivity index (χ1) is 9.50. The first-order valence-corrected chi connectivity index (χ1v) is 6.69. The number of hydrogen-bond acceptors (Lipinski definition) is 6. The van der Waals surface area contributed by atoms with Gasteiger partial charge in [0, 0.05) is 19.0 Å². The van der Waals surface area contributed by atoms with Crippen molar-refractivity contribution in [2.45, 2.75) is 26.7 Å². The number of aliphatic hydroxyl groups is 1. The van der Waals surface area contributed by atoms with E-state index in [4.69, 9.17) is 0 Å². The van der Waals surface area contributed by atoms with Gasteiger partial charge in [-0.2, -0.15) is 0 Å². The molecule has 0 saturated carbocycles. The number of nitrogens with zero attached hydrogens (tertiary/aromatic N) is 2. The van der Waals surface area contributed by atoms with Crippen LogP contribution < -0.4 is 10.6 Å². The number of hydrogen-bond donors (Lipinski definition) is 3. The lowest BCUT2D eigenvalue weighted by atomic mass is 9.83. The zero-order chi connectivity index (χ0) is 15.2. The molecule has 0 fully saturated rings. The second kappa shape index (κ2) is 7.04. The fourth-order valence-corrected chi connectivity index (χ4v) is 1.90. The van der Waals surface area contributed by atoms with Gasteiger partial charge in [-0.05, 0) is 12.8 Å². The van der Waals surface area contributed by atoms with Gasteiger partial charge in [0.25, 0.3) is 5.69 Å². The molecule has 0 bridgehead atoms. The second-order valence-corrected chi connectivity index (χ2v) is 4.82. The zero-order valence-electron chi connectivity index (χ0n) is 12.1. The molecule has 0 aromatic carbocycles. The number of nitro groups is 1. The summed E-state index contributed by atoms with van der Waals surface area (Å²) in [5, 5.41) is 26.3. The van der Waals surface area contributed by atoms with Crippen LogP contribution in [0.4, 0.5) is 17.3 Å². The summed E-state index contributed by atoms with van der Waals surface area (Å²) >= 11 is 0. The molecule has 3 N–H and O–H groups in total. The van der Waals surface area contributed by atoms with Crippen LogP contribution in [0.15, 0.2) is 12.1 Å². The fourth-order valence-electron chi connectivity index (χ4n) is 1.90. The van der Waals surface area contributed by atoms with Crippen LogP contribution in [0.2, 0.25) is 0 Å². The van der Waals surface area contributed by atoms with Crippen LogP contribution in [-0.4, -0.2) is 35.2 Å². The van der Waals surface area contributed by atoms with Gasteiger partial charge >= 0.3 is 0 Å². The monoisotopic (exact) mass is 282 g/mol. The van der Waals surface area contributed by atoms with Crippen LogP contribution in [0.25, 0.3) is 0 Å². The maximum atomic E-state index is 10.9. The molecule has 0 aliphatic carbocycles. The van der Waals surface area contributed by atoms with Crippen LogP contribution in [0.3, 0.4) is 0 Å². The lowest BCUT2D eigenvalue weighted by Crippen LogP contribution is -2.32. The Hall–Kier alpha value is -1.89. The van der Waals surface area contributed by atoms with E-state index in [1.54, 1.807) is 7.05 Å². The van der Waals surface area contributed by atoms with Crippen molar-refractivity contribution in [2.24, 2.45) is 5.41 Å². The van der Waals surface area contributed by atoms with Gasteiger partial charge in [-0.25, -0.2) is 4.98 Å². The van der Waals surface area contributed by atoms with Gasteiger partial charge < -0.3 is 15.7 Å². The van der Waals surface area contributed by atoms with Gasteiger partial charge in [-0.15, -0.1) is 0 Å². The van der Waals surface area contributed by atoms with Crippen molar-refractivity contribution >= 4 is 17.3 Å². The van der Waals surface area contributed by atoms with Crippen molar-refractivity contribution in [3.8, 4) is 0 Å². The lowest BCUT2D eigenvalue weighted by molar-refractivity contribution is -0.384. The molecule has 112 valence electrons. The Bertz CT molecular complexity index is 453. The molecule has 7 nitrogen and oxygen atoms in total. The lowest BCUT2D eigenvalue weighted by Gasteiger charge is -2.29. The minimum absolute atomic E-state index is 0.0190. The number of aliphatic hydroxyl groups excluding tert-OH is 1. The maximum Gasteiger partial charge on any atom is 0.276 e.